The third-order valence-corrected chi connectivity index (χ3v) is 5.88. The van der Waals surface area contributed by atoms with Gasteiger partial charge in [-0.25, -0.2) is 9.97 Å². The number of nitrogens with zero attached hydrogens (tertiary/aromatic N) is 3. The number of benzene rings is 1. The van der Waals surface area contributed by atoms with Gasteiger partial charge < -0.3 is 15.5 Å². The average Bonchev–Trinajstić information content (AvgIpc) is 3.57. The topological polar surface area (TPSA) is 70.2 Å². The molecule has 1 aromatic heterocycles. The molecular weight excluding hydrogens is 362 g/mol. The van der Waals surface area contributed by atoms with Crippen LogP contribution in [-0.2, 0) is 4.79 Å². The molecule has 1 aliphatic heterocycles. The van der Waals surface area contributed by atoms with Crippen molar-refractivity contribution in [3.63, 3.8) is 0 Å². The second-order valence-electron chi connectivity index (χ2n) is 8.37. The molecule has 1 aliphatic carbocycles. The summed E-state index contributed by atoms with van der Waals surface area (Å²) in [6.07, 6.45) is 7.93. The standard InChI is InChI=1S/C23H31N5O/c1-17(19-7-3-2-4-8-19)26-23(29)12-9-18-6-5-13-28(15-18)22-14-21(24-16-25-22)27-20-10-11-20/h2-4,7-8,14,16-18,20H,5-6,9-13,15H2,1H3,(H,26,29)(H,24,25,27)/t17-,18-/m1/s1. The van der Waals surface area contributed by atoms with Gasteiger partial charge in [-0.1, -0.05) is 30.3 Å². The highest BCUT2D eigenvalue weighted by atomic mass is 16.1. The Kier molecular flexibility index (Phi) is 6.27. The summed E-state index contributed by atoms with van der Waals surface area (Å²) in [6.45, 7) is 4.02. The lowest BCUT2D eigenvalue weighted by Crippen LogP contribution is -2.36. The van der Waals surface area contributed by atoms with Gasteiger partial charge in [-0.3, -0.25) is 4.79 Å². The van der Waals surface area contributed by atoms with Crippen LogP contribution in [0.25, 0.3) is 0 Å². The summed E-state index contributed by atoms with van der Waals surface area (Å²) in [4.78, 5) is 23.6. The third-order valence-electron chi connectivity index (χ3n) is 5.88. The molecule has 1 saturated carbocycles. The number of aromatic nitrogens is 2. The lowest BCUT2D eigenvalue weighted by molar-refractivity contribution is -0.122. The molecule has 2 heterocycles. The zero-order valence-corrected chi connectivity index (χ0v) is 17.2. The van der Waals surface area contributed by atoms with Crippen LogP contribution in [0.5, 0.6) is 0 Å². The van der Waals surface area contributed by atoms with Gasteiger partial charge in [0.15, 0.2) is 0 Å². The fourth-order valence-electron chi connectivity index (χ4n) is 4.02. The third kappa shape index (κ3) is 5.68. The fourth-order valence-corrected chi connectivity index (χ4v) is 4.02. The van der Waals surface area contributed by atoms with Crippen LogP contribution < -0.4 is 15.5 Å². The second-order valence-corrected chi connectivity index (χ2v) is 8.37. The minimum absolute atomic E-state index is 0.0463. The zero-order chi connectivity index (χ0) is 20.1. The van der Waals surface area contributed by atoms with E-state index in [4.69, 9.17) is 0 Å². The lowest BCUT2D eigenvalue weighted by atomic mass is 9.93. The first kappa shape index (κ1) is 19.7. The van der Waals surface area contributed by atoms with E-state index in [1.54, 1.807) is 6.33 Å². The van der Waals surface area contributed by atoms with Gasteiger partial charge in [-0.2, -0.15) is 0 Å². The van der Waals surface area contributed by atoms with Crippen molar-refractivity contribution in [3.05, 3.63) is 48.3 Å². The quantitative estimate of drug-likeness (QED) is 0.711. The normalized spacial score (nSPS) is 20.2. The number of hydrogen-bond donors (Lipinski definition) is 2. The first-order valence-electron chi connectivity index (χ1n) is 10.9. The zero-order valence-electron chi connectivity index (χ0n) is 17.2. The van der Waals surface area contributed by atoms with E-state index in [1.165, 1.54) is 19.3 Å². The van der Waals surface area contributed by atoms with Crippen LogP contribution in [0.1, 0.15) is 57.1 Å². The van der Waals surface area contributed by atoms with Gasteiger partial charge in [0.2, 0.25) is 5.91 Å². The number of anilines is 2. The predicted octanol–water partition coefficient (Wildman–Crippen LogP) is 3.92. The Morgan fingerprint density at radius 2 is 2.03 bits per heavy atom. The maximum atomic E-state index is 12.4. The highest BCUT2D eigenvalue weighted by Crippen LogP contribution is 2.28. The van der Waals surface area contributed by atoms with Gasteiger partial charge in [0, 0.05) is 31.6 Å². The van der Waals surface area contributed by atoms with Gasteiger partial charge in [0.05, 0.1) is 6.04 Å². The molecule has 2 atom stereocenters. The van der Waals surface area contributed by atoms with Crippen LogP contribution in [0.4, 0.5) is 11.6 Å². The summed E-state index contributed by atoms with van der Waals surface area (Å²) in [5, 5.41) is 6.58. The molecule has 6 nitrogen and oxygen atoms in total. The molecule has 1 aromatic carbocycles. The molecule has 6 heteroatoms. The average molecular weight is 394 g/mol. The number of rotatable bonds is 8. The van der Waals surface area contributed by atoms with Crippen molar-refractivity contribution in [1.29, 1.82) is 0 Å². The summed E-state index contributed by atoms with van der Waals surface area (Å²) < 4.78 is 0. The van der Waals surface area contributed by atoms with Crippen molar-refractivity contribution in [3.8, 4) is 0 Å². The second kappa shape index (κ2) is 9.25. The van der Waals surface area contributed by atoms with E-state index in [-0.39, 0.29) is 11.9 Å². The van der Waals surface area contributed by atoms with Crippen LogP contribution in [0, 0.1) is 5.92 Å². The van der Waals surface area contributed by atoms with Crippen molar-refractivity contribution in [2.45, 2.75) is 57.5 Å². The van der Waals surface area contributed by atoms with Crippen LogP contribution in [0.3, 0.4) is 0 Å². The van der Waals surface area contributed by atoms with Gasteiger partial charge in [0.1, 0.15) is 18.0 Å². The van der Waals surface area contributed by atoms with Crippen molar-refractivity contribution in [1.82, 2.24) is 15.3 Å². The highest BCUT2D eigenvalue weighted by Gasteiger charge is 2.24. The Hall–Kier alpha value is -2.63. The smallest absolute Gasteiger partial charge is 0.220 e. The summed E-state index contributed by atoms with van der Waals surface area (Å²) >= 11 is 0. The van der Waals surface area contributed by atoms with Crippen molar-refractivity contribution >= 4 is 17.5 Å². The maximum absolute atomic E-state index is 12.4. The molecule has 29 heavy (non-hydrogen) atoms. The molecule has 0 spiro atoms. The van der Waals surface area contributed by atoms with E-state index in [9.17, 15) is 4.79 Å². The molecule has 154 valence electrons. The first-order chi connectivity index (χ1) is 14.2. The molecule has 1 amide bonds. The summed E-state index contributed by atoms with van der Waals surface area (Å²) in [5.41, 5.74) is 1.14. The van der Waals surface area contributed by atoms with Crippen LogP contribution >= 0.6 is 0 Å². The number of hydrogen-bond acceptors (Lipinski definition) is 5. The number of amides is 1. The molecule has 2 fully saturated rings. The van der Waals surface area contributed by atoms with Crippen LogP contribution in [0.2, 0.25) is 0 Å². The molecule has 2 aliphatic rings. The number of nitrogens with one attached hydrogen (secondary N) is 2. The molecule has 0 radical (unpaired) electrons. The highest BCUT2D eigenvalue weighted by molar-refractivity contribution is 5.76. The van der Waals surface area contributed by atoms with E-state index in [2.05, 4.69) is 43.7 Å². The summed E-state index contributed by atoms with van der Waals surface area (Å²) in [5.74, 6) is 2.58. The number of carbonyl (C=O) groups is 1. The molecule has 0 unspecified atom stereocenters. The van der Waals surface area contributed by atoms with Crippen LogP contribution in [0.15, 0.2) is 42.7 Å². The number of carbonyl (C=O) groups excluding carboxylic acids is 1. The minimum atomic E-state index is 0.0463. The molecule has 4 rings (SSSR count). The van der Waals surface area contributed by atoms with E-state index >= 15 is 0 Å². The van der Waals surface area contributed by atoms with Crippen LogP contribution in [-0.4, -0.2) is 35.0 Å². The minimum Gasteiger partial charge on any atom is -0.367 e. The van der Waals surface area contributed by atoms with Gasteiger partial charge in [0.25, 0.3) is 0 Å². The van der Waals surface area contributed by atoms with Gasteiger partial charge in [-0.05, 0) is 50.5 Å². The van der Waals surface area contributed by atoms with Crippen molar-refractivity contribution in [2.24, 2.45) is 5.92 Å². The Morgan fingerprint density at radius 3 is 2.83 bits per heavy atom. The SMILES string of the molecule is C[C@@H](NC(=O)CC[C@H]1CCCN(c2cc(NC3CC3)ncn2)C1)c1ccccc1. The maximum Gasteiger partial charge on any atom is 0.220 e. The fraction of sp³-hybridized carbons (Fsp3) is 0.522. The van der Waals surface area contributed by atoms with E-state index in [0.717, 1.165) is 43.1 Å². The first-order valence-corrected chi connectivity index (χ1v) is 10.9. The van der Waals surface area contributed by atoms with Crippen molar-refractivity contribution in [2.75, 3.05) is 23.3 Å². The molecule has 1 saturated heterocycles. The Morgan fingerprint density at radius 1 is 1.21 bits per heavy atom. The lowest BCUT2D eigenvalue weighted by Gasteiger charge is -2.33. The Labute approximate surface area is 173 Å². The molecule has 0 bridgehead atoms. The molecule has 2 N–H and O–H groups in total. The van der Waals surface area contributed by atoms with Crippen molar-refractivity contribution < 1.29 is 4.79 Å². The van der Waals surface area contributed by atoms with Gasteiger partial charge >= 0.3 is 0 Å². The molecular formula is C23H31N5O. The van der Waals surface area contributed by atoms with E-state index in [0.29, 0.717) is 18.4 Å². The largest absolute Gasteiger partial charge is 0.367 e. The van der Waals surface area contributed by atoms with E-state index in [1.807, 2.05) is 25.1 Å². The monoisotopic (exact) mass is 393 g/mol. The Balaban J connectivity index is 1.26. The number of piperidine rings is 1. The predicted molar refractivity (Wildman–Crippen MR) is 116 cm³/mol. The van der Waals surface area contributed by atoms with E-state index < -0.39 is 0 Å². The molecule has 2 aromatic rings. The van der Waals surface area contributed by atoms with Gasteiger partial charge in [-0.15, -0.1) is 0 Å². The summed E-state index contributed by atoms with van der Waals surface area (Å²) in [6, 6.07) is 12.8. The summed E-state index contributed by atoms with van der Waals surface area (Å²) in [7, 11) is 0. The Bertz CT molecular complexity index is 808.